The van der Waals surface area contributed by atoms with Crippen LogP contribution in [-0.2, 0) is 4.74 Å². The summed E-state index contributed by atoms with van der Waals surface area (Å²) in [6.07, 6.45) is 2.43. The third-order valence-electron chi connectivity index (χ3n) is 5.14. The molecular formula is C19H30IN3O. The highest BCUT2D eigenvalue weighted by Crippen LogP contribution is 2.38. The summed E-state index contributed by atoms with van der Waals surface area (Å²) in [6, 6.07) is 10.6. The number of nitrogens with zero attached hydrogens (tertiary/aromatic N) is 2. The van der Waals surface area contributed by atoms with Gasteiger partial charge in [0, 0.05) is 44.1 Å². The zero-order valence-electron chi connectivity index (χ0n) is 14.8. The van der Waals surface area contributed by atoms with Gasteiger partial charge < -0.3 is 15.0 Å². The van der Waals surface area contributed by atoms with E-state index in [4.69, 9.17) is 9.73 Å². The van der Waals surface area contributed by atoms with E-state index < -0.39 is 0 Å². The Morgan fingerprint density at radius 2 is 2.12 bits per heavy atom. The lowest BCUT2D eigenvalue weighted by Gasteiger charge is -2.25. The van der Waals surface area contributed by atoms with Gasteiger partial charge in [-0.05, 0) is 25.3 Å². The van der Waals surface area contributed by atoms with Crippen molar-refractivity contribution in [1.82, 2.24) is 10.2 Å². The number of halogens is 1. The molecule has 134 valence electrons. The molecule has 2 saturated heterocycles. The van der Waals surface area contributed by atoms with Crippen LogP contribution < -0.4 is 5.32 Å². The van der Waals surface area contributed by atoms with E-state index in [1.807, 2.05) is 0 Å². The Hall–Kier alpha value is -0.820. The second-order valence-electron chi connectivity index (χ2n) is 6.98. The van der Waals surface area contributed by atoms with Gasteiger partial charge in [-0.2, -0.15) is 0 Å². The first-order valence-electron chi connectivity index (χ1n) is 8.88. The third kappa shape index (κ3) is 4.63. The summed E-state index contributed by atoms with van der Waals surface area (Å²) in [4.78, 5) is 7.34. The minimum Gasteiger partial charge on any atom is -0.381 e. The van der Waals surface area contributed by atoms with Crippen LogP contribution in [0.15, 0.2) is 35.3 Å². The molecule has 1 spiro atoms. The summed E-state index contributed by atoms with van der Waals surface area (Å²) < 4.78 is 5.64. The number of likely N-dealkylation sites (tertiary alicyclic amines) is 1. The lowest BCUT2D eigenvalue weighted by molar-refractivity contribution is 0.156. The molecule has 1 aromatic rings. The zero-order chi connectivity index (χ0) is 16.1. The number of ether oxygens (including phenoxy) is 1. The van der Waals surface area contributed by atoms with Crippen molar-refractivity contribution in [3.05, 3.63) is 35.9 Å². The van der Waals surface area contributed by atoms with E-state index in [0.717, 1.165) is 45.4 Å². The van der Waals surface area contributed by atoms with Gasteiger partial charge in [0.25, 0.3) is 0 Å². The smallest absolute Gasteiger partial charge is 0.193 e. The van der Waals surface area contributed by atoms with Gasteiger partial charge in [-0.1, -0.05) is 37.3 Å². The largest absolute Gasteiger partial charge is 0.381 e. The fraction of sp³-hybridized carbons (Fsp3) is 0.632. The molecule has 0 aliphatic carbocycles. The van der Waals surface area contributed by atoms with Gasteiger partial charge in [0.15, 0.2) is 5.96 Å². The normalized spacial score (nSPS) is 24.9. The highest BCUT2D eigenvalue weighted by molar-refractivity contribution is 14.0. The van der Waals surface area contributed by atoms with Gasteiger partial charge in [0.05, 0.1) is 6.61 Å². The molecule has 2 fully saturated rings. The molecule has 2 heterocycles. The first-order valence-corrected chi connectivity index (χ1v) is 8.88. The van der Waals surface area contributed by atoms with E-state index in [-0.39, 0.29) is 24.0 Å². The SMILES string of the molecule is CCNC(=NCC(C)c1ccccc1)N1CCC2(CCOC2)C1.I. The molecule has 3 rings (SSSR count). The molecule has 2 atom stereocenters. The number of hydrogen-bond donors (Lipinski definition) is 1. The molecule has 0 amide bonds. The summed E-state index contributed by atoms with van der Waals surface area (Å²) in [5.41, 5.74) is 1.73. The summed E-state index contributed by atoms with van der Waals surface area (Å²) in [5.74, 6) is 1.51. The Balaban J connectivity index is 0.00000208. The highest BCUT2D eigenvalue weighted by atomic mass is 127. The van der Waals surface area contributed by atoms with Crippen molar-refractivity contribution >= 4 is 29.9 Å². The van der Waals surface area contributed by atoms with Crippen LogP contribution in [0.5, 0.6) is 0 Å². The van der Waals surface area contributed by atoms with E-state index >= 15 is 0 Å². The topological polar surface area (TPSA) is 36.9 Å². The van der Waals surface area contributed by atoms with Crippen LogP contribution in [-0.4, -0.2) is 50.3 Å². The first-order chi connectivity index (χ1) is 11.2. The van der Waals surface area contributed by atoms with Gasteiger partial charge in [-0.25, -0.2) is 0 Å². The van der Waals surface area contributed by atoms with Crippen molar-refractivity contribution in [3.63, 3.8) is 0 Å². The summed E-state index contributed by atoms with van der Waals surface area (Å²) in [6.45, 7) is 10.1. The van der Waals surface area contributed by atoms with Gasteiger partial charge in [-0.15, -0.1) is 24.0 Å². The van der Waals surface area contributed by atoms with Gasteiger partial charge in [-0.3, -0.25) is 4.99 Å². The molecule has 5 heteroatoms. The molecule has 24 heavy (non-hydrogen) atoms. The van der Waals surface area contributed by atoms with E-state index in [1.54, 1.807) is 0 Å². The molecule has 0 saturated carbocycles. The van der Waals surface area contributed by atoms with Crippen LogP contribution in [0.25, 0.3) is 0 Å². The molecule has 1 aromatic carbocycles. The first kappa shape index (κ1) is 19.5. The van der Waals surface area contributed by atoms with Crippen molar-refractivity contribution in [2.45, 2.75) is 32.6 Å². The minimum atomic E-state index is 0. The quantitative estimate of drug-likeness (QED) is 0.440. The number of aliphatic imine (C=N–C) groups is 1. The van der Waals surface area contributed by atoms with Gasteiger partial charge in [0.2, 0.25) is 0 Å². The third-order valence-corrected chi connectivity index (χ3v) is 5.14. The second kappa shape index (κ2) is 9.04. The summed E-state index contributed by atoms with van der Waals surface area (Å²) in [5, 5.41) is 3.47. The van der Waals surface area contributed by atoms with Gasteiger partial charge in [0.1, 0.15) is 0 Å². The second-order valence-corrected chi connectivity index (χ2v) is 6.98. The Labute approximate surface area is 163 Å². The van der Waals surface area contributed by atoms with Crippen LogP contribution in [0, 0.1) is 5.41 Å². The van der Waals surface area contributed by atoms with Crippen molar-refractivity contribution in [3.8, 4) is 0 Å². The number of guanidine groups is 1. The van der Waals surface area contributed by atoms with E-state index in [9.17, 15) is 0 Å². The molecule has 2 unspecified atom stereocenters. The van der Waals surface area contributed by atoms with E-state index in [1.165, 1.54) is 18.4 Å². The maximum absolute atomic E-state index is 5.64. The molecule has 0 radical (unpaired) electrons. The maximum atomic E-state index is 5.64. The minimum absolute atomic E-state index is 0. The monoisotopic (exact) mass is 443 g/mol. The fourth-order valence-electron chi connectivity index (χ4n) is 3.62. The molecule has 0 aromatic heterocycles. The van der Waals surface area contributed by atoms with Crippen molar-refractivity contribution in [2.24, 2.45) is 10.4 Å². The average molecular weight is 443 g/mol. The van der Waals surface area contributed by atoms with Gasteiger partial charge >= 0.3 is 0 Å². The predicted octanol–water partition coefficient (Wildman–Crippen LogP) is 3.49. The van der Waals surface area contributed by atoms with Crippen LogP contribution in [0.3, 0.4) is 0 Å². The lowest BCUT2D eigenvalue weighted by Crippen LogP contribution is -2.41. The fourth-order valence-corrected chi connectivity index (χ4v) is 3.62. The van der Waals surface area contributed by atoms with Crippen LogP contribution in [0.2, 0.25) is 0 Å². The number of hydrogen-bond acceptors (Lipinski definition) is 2. The zero-order valence-corrected chi connectivity index (χ0v) is 17.2. The maximum Gasteiger partial charge on any atom is 0.193 e. The molecule has 4 nitrogen and oxygen atoms in total. The van der Waals surface area contributed by atoms with Crippen LogP contribution in [0.4, 0.5) is 0 Å². The number of nitrogens with one attached hydrogen (secondary N) is 1. The number of benzene rings is 1. The molecular weight excluding hydrogens is 413 g/mol. The Morgan fingerprint density at radius 3 is 2.79 bits per heavy atom. The molecule has 2 aliphatic rings. The average Bonchev–Trinajstić information content (AvgIpc) is 3.22. The van der Waals surface area contributed by atoms with E-state index in [0.29, 0.717) is 11.3 Å². The Bertz CT molecular complexity index is 529. The standard InChI is InChI=1S/C19H29N3O.HI/c1-3-20-18(21-13-16(2)17-7-5-4-6-8-17)22-11-9-19(14-22)10-12-23-15-19;/h4-8,16H,3,9-15H2,1-2H3,(H,20,21);1H. The van der Waals surface area contributed by atoms with E-state index in [2.05, 4.69) is 54.4 Å². The Morgan fingerprint density at radius 1 is 1.33 bits per heavy atom. The van der Waals surface area contributed by atoms with Crippen molar-refractivity contribution < 1.29 is 4.74 Å². The predicted molar refractivity (Wildman–Crippen MR) is 110 cm³/mol. The summed E-state index contributed by atoms with van der Waals surface area (Å²) >= 11 is 0. The molecule has 2 aliphatic heterocycles. The highest BCUT2D eigenvalue weighted by Gasteiger charge is 2.42. The summed E-state index contributed by atoms with van der Waals surface area (Å²) in [7, 11) is 0. The molecule has 0 bridgehead atoms. The van der Waals surface area contributed by atoms with Crippen molar-refractivity contribution in [2.75, 3.05) is 39.4 Å². The lowest BCUT2D eigenvalue weighted by atomic mass is 9.87. The molecule has 1 N–H and O–H groups in total. The van der Waals surface area contributed by atoms with Crippen LogP contribution in [0.1, 0.15) is 38.2 Å². The van der Waals surface area contributed by atoms with Crippen LogP contribution >= 0.6 is 24.0 Å². The number of rotatable bonds is 4. The van der Waals surface area contributed by atoms with Crippen molar-refractivity contribution in [1.29, 1.82) is 0 Å². The Kier molecular flexibility index (Phi) is 7.34.